The van der Waals surface area contributed by atoms with Crippen LogP contribution in [0.2, 0.25) is 0 Å². The largest absolute Gasteiger partial charge is 0.417 e. The fourth-order valence-corrected chi connectivity index (χ4v) is 5.33. The van der Waals surface area contributed by atoms with Gasteiger partial charge in [-0.1, -0.05) is 24.3 Å². The molecule has 0 unspecified atom stereocenters. The molecular formula is C20H18F3N3O3S2. The van der Waals surface area contributed by atoms with Crippen molar-refractivity contribution >= 4 is 32.2 Å². The molecule has 6 nitrogen and oxygen atoms in total. The quantitative estimate of drug-likeness (QED) is 0.597. The molecule has 11 heteroatoms. The van der Waals surface area contributed by atoms with Gasteiger partial charge in [-0.3, -0.25) is 4.72 Å². The minimum absolute atomic E-state index is 0.157. The van der Waals surface area contributed by atoms with Gasteiger partial charge in [-0.15, -0.1) is 11.3 Å². The van der Waals surface area contributed by atoms with Gasteiger partial charge in [0.05, 0.1) is 29.4 Å². The van der Waals surface area contributed by atoms with E-state index in [0.717, 1.165) is 47.7 Å². The molecule has 0 bridgehead atoms. The maximum atomic E-state index is 13.2. The van der Waals surface area contributed by atoms with E-state index in [1.807, 2.05) is 5.38 Å². The van der Waals surface area contributed by atoms with Crippen LogP contribution in [0.25, 0.3) is 11.3 Å². The average Bonchev–Trinajstić information content (AvgIpc) is 3.24. The van der Waals surface area contributed by atoms with Gasteiger partial charge >= 0.3 is 6.18 Å². The van der Waals surface area contributed by atoms with Crippen molar-refractivity contribution in [3.05, 3.63) is 59.5 Å². The highest BCUT2D eigenvalue weighted by Gasteiger charge is 2.36. The average molecular weight is 470 g/mol. The van der Waals surface area contributed by atoms with Crippen molar-refractivity contribution in [2.24, 2.45) is 0 Å². The first-order valence-electron chi connectivity index (χ1n) is 9.32. The maximum Gasteiger partial charge on any atom is 0.417 e. The number of ether oxygens (including phenoxy) is 1. The number of anilines is 2. The van der Waals surface area contributed by atoms with Crippen LogP contribution in [0.5, 0.6) is 0 Å². The molecule has 1 fully saturated rings. The second-order valence-corrected chi connectivity index (χ2v) is 9.28. The van der Waals surface area contributed by atoms with Gasteiger partial charge in [-0.05, 0) is 24.3 Å². The van der Waals surface area contributed by atoms with Crippen LogP contribution < -0.4 is 9.62 Å². The third-order valence-electron chi connectivity index (χ3n) is 4.69. The smallest absolute Gasteiger partial charge is 0.378 e. The fraction of sp³-hybridized carbons (Fsp3) is 0.250. The Bertz CT molecular complexity index is 1160. The molecule has 1 saturated heterocycles. The molecule has 164 valence electrons. The lowest BCUT2D eigenvalue weighted by Crippen LogP contribution is -2.36. The zero-order chi connectivity index (χ0) is 22.1. The third kappa shape index (κ3) is 4.83. The molecule has 1 N–H and O–H groups in total. The molecular weight excluding hydrogens is 451 g/mol. The van der Waals surface area contributed by atoms with E-state index in [1.54, 1.807) is 12.1 Å². The predicted octanol–water partition coefficient (Wildman–Crippen LogP) is 4.47. The van der Waals surface area contributed by atoms with Crippen LogP contribution in [-0.4, -0.2) is 39.7 Å². The zero-order valence-electron chi connectivity index (χ0n) is 16.1. The van der Waals surface area contributed by atoms with Crippen molar-refractivity contribution in [1.29, 1.82) is 0 Å². The summed E-state index contributed by atoms with van der Waals surface area (Å²) < 4.78 is 72.2. The van der Waals surface area contributed by atoms with Crippen molar-refractivity contribution in [3.8, 4) is 11.3 Å². The Hall–Kier alpha value is -2.63. The molecule has 1 aliphatic heterocycles. The molecule has 0 amide bonds. The first kappa shape index (κ1) is 21.6. The first-order chi connectivity index (χ1) is 14.7. The molecule has 3 aromatic rings. The van der Waals surface area contributed by atoms with E-state index < -0.39 is 26.7 Å². The van der Waals surface area contributed by atoms with Gasteiger partial charge in [-0.2, -0.15) is 13.2 Å². The molecule has 31 heavy (non-hydrogen) atoms. The number of sulfonamides is 1. The number of benzene rings is 2. The molecule has 0 saturated carbocycles. The first-order valence-corrected chi connectivity index (χ1v) is 11.7. The third-order valence-corrected chi connectivity index (χ3v) is 7.03. The van der Waals surface area contributed by atoms with E-state index in [-0.39, 0.29) is 5.69 Å². The second kappa shape index (κ2) is 8.48. The summed E-state index contributed by atoms with van der Waals surface area (Å²) in [5.41, 5.74) is 0.458. The normalized spacial score (nSPS) is 15.1. The van der Waals surface area contributed by atoms with E-state index >= 15 is 0 Å². The number of alkyl halides is 3. The lowest BCUT2D eigenvalue weighted by atomic mass is 10.1. The summed E-state index contributed by atoms with van der Waals surface area (Å²) in [7, 11) is -4.42. The summed E-state index contributed by atoms with van der Waals surface area (Å²) in [6.07, 6.45) is -4.78. The van der Waals surface area contributed by atoms with Gasteiger partial charge in [0.2, 0.25) is 0 Å². The Morgan fingerprint density at radius 1 is 1.03 bits per heavy atom. The lowest BCUT2D eigenvalue weighted by molar-refractivity contribution is -0.139. The molecule has 1 aromatic heterocycles. The molecule has 2 heterocycles. The Morgan fingerprint density at radius 3 is 2.39 bits per heavy atom. The number of halogens is 3. The van der Waals surface area contributed by atoms with Crippen LogP contribution in [0.15, 0.2) is 58.8 Å². The van der Waals surface area contributed by atoms with Gasteiger partial charge < -0.3 is 9.64 Å². The number of thiazole rings is 1. The SMILES string of the molecule is O=S(=O)(Nc1ccc(-c2csc(N3CCOCC3)n2)cc1)c1ccccc1C(F)(F)F. The minimum Gasteiger partial charge on any atom is -0.378 e. The Balaban J connectivity index is 1.52. The van der Waals surface area contributed by atoms with Gasteiger partial charge in [-0.25, -0.2) is 13.4 Å². The molecule has 1 aliphatic rings. The standard InChI is InChI=1S/C20H18F3N3O3S2/c21-20(22,23)16-3-1-2-4-18(16)31(27,28)25-15-7-5-14(6-8-15)17-13-30-19(24-17)26-9-11-29-12-10-26/h1-8,13,25H,9-12H2. The van der Waals surface area contributed by atoms with Crippen molar-refractivity contribution < 1.29 is 26.3 Å². The number of nitrogens with zero attached hydrogens (tertiary/aromatic N) is 2. The van der Waals surface area contributed by atoms with Crippen molar-refractivity contribution in [1.82, 2.24) is 4.98 Å². The van der Waals surface area contributed by atoms with E-state index in [9.17, 15) is 21.6 Å². The number of nitrogens with one attached hydrogen (secondary N) is 1. The Kier molecular flexibility index (Phi) is 5.91. The number of hydrogen-bond donors (Lipinski definition) is 1. The van der Waals surface area contributed by atoms with Crippen LogP contribution in [0, 0.1) is 0 Å². The van der Waals surface area contributed by atoms with Gasteiger partial charge in [0.25, 0.3) is 10.0 Å². The van der Waals surface area contributed by atoms with Crippen LogP contribution >= 0.6 is 11.3 Å². The van der Waals surface area contributed by atoms with Crippen LogP contribution in [0.1, 0.15) is 5.56 Å². The highest BCUT2D eigenvalue weighted by molar-refractivity contribution is 7.92. The summed E-state index contributed by atoms with van der Waals surface area (Å²) in [6.45, 7) is 2.85. The molecule has 0 spiro atoms. The summed E-state index contributed by atoms with van der Waals surface area (Å²) in [5, 5.41) is 2.79. The predicted molar refractivity (Wildman–Crippen MR) is 113 cm³/mol. The number of aromatic nitrogens is 1. The van der Waals surface area contributed by atoms with Crippen LogP contribution in [0.3, 0.4) is 0 Å². The fourth-order valence-electron chi connectivity index (χ4n) is 3.15. The van der Waals surface area contributed by atoms with Crippen molar-refractivity contribution in [3.63, 3.8) is 0 Å². The Labute approximate surface area is 181 Å². The highest BCUT2D eigenvalue weighted by atomic mass is 32.2. The Morgan fingerprint density at radius 2 is 1.71 bits per heavy atom. The molecule has 0 atom stereocenters. The maximum absolute atomic E-state index is 13.2. The van der Waals surface area contributed by atoms with E-state index in [4.69, 9.17) is 4.74 Å². The molecule has 4 rings (SSSR count). The molecule has 2 aromatic carbocycles. The zero-order valence-corrected chi connectivity index (χ0v) is 17.7. The number of hydrogen-bond acceptors (Lipinski definition) is 6. The van der Waals surface area contributed by atoms with Crippen molar-refractivity contribution in [2.75, 3.05) is 35.9 Å². The second-order valence-electron chi connectivity index (χ2n) is 6.79. The van der Waals surface area contributed by atoms with E-state index in [0.29, 0.717) is 13.2 Å². The van der Waals surface area contributed by atoms with Crippen LogP contribution in [0.4, 0.5) is 24.0 Å². The summed E-state index contributed by atoms with van der Waals surface area (Å²) in [6, 6.07) is 10.4. The molecule has 0 aliphatic carbocycles. The monoisotopic (exact) mass is 469 g/mol. The lowest BCUT2D eigenvalue weighted by Gasteiger charge is -2.26. The van der Waals surface area contributed by atoms with Crippen molar-refractivity contribution in [2.45, 2.75) is 11.1 Å². The summed E-state index contributed by atoms with van der Waals surface area (Å²) in [5.74, 6) is 0. The van der Waals surface area contributed by atoms with Gasteiger partial charge in [0, 0.05) is 29.7 Å². The summed E-state index contributed by atoms with van der Waals surface area (Å²) in [4.78, 5) is 5.94. The number of rotatable bonds is 5. The van der Waals surface area contributed by atoms with Gasteiger partial charge in [0.15, 0.2) is 5.13 Å². The van der Waals surface area contributed by atoms with E-state index in [1.165, 1.54) is 29.5 Å². The highest BCUT2D eigenvalue weighted by Crippen LogP contribution is 2.35. The van der Waals surface area contributed by atoms with Gasteiger partial charge in [0.1, 0.15) is 0 Å². The van der Waals surface area contributed by atoms with E-state index in [2.05, 4.69) is 14.6 Å². The molecule has 0 radical (unpaired) electrons. The van der Waals surface area contributed by atoms with Crippen LogP contribution in [-0.2, 0) is 20.9 Å². The number of morpholine rings is 1. The minimum atomic E-state index is -4.78. The summed E-state index contributed by atoms with van der Waals surface area (Å²) >= 11 is 1.51. The topological polar surface area (TPSA) is 71.5 Å².